The molecule has 0 aromatic heterocycles. The lowest BCUT2D eigenvalue weighted by molar-refractivity contribution is -0.242. The quantitative estimate of drug-likeness (QED) is 0.534. The predicted octanol–water partition coefficient (Wildman–Crippen LogP) is 0.635. The van der Waals surface area contributed by atoms with E-state index in [9.17, 15) is 0 Å². The molecule has 0 amide bonds. The Morgan fingerprint density at radius 3 is 2.30 bits per heavy atom. The van der Waals surface area contributed by atoms with Crippen LogP contribution < -0.4 is 0 Å². The second-order valence-electron chi connectivity index (χ2n) is 2.92. The SMILES string of the molecule is C1CCN(N2CCCO2)C1. The van der Waals surface area contributed by atoms with Crippen molar-refractivity contribution in [2.24, 2.45) is 0 Å². The van der Waals surface area contributed by atoms with Crippen LogP contribution in [0.1, 0.15) is 19.3 Å². The monoisotopic (exact) mass is 142 g/mol. The van der Waals surface area contributed by atoms with Gasteiger partial charge in [-0.15, -0.1) is 5.17 Å². The van der Waals surface area contributed by atoms with Crippen LogP contribution >= 0.6 is 0 Å². The van der Waals surface area contributed by atoms with E-state index in [1.807, 2.05) is 5.17 Å². The minimum absolute atomic E-state index is 0.913. The molecule has 3 heteroatoms. The largest absolute Gasteiger partial charge is 0.284 e. The Kier molecular flexibility index (Phi) is 1.88. The van der Waals surface area contributed by atoms with Crippen LogP contribution in [-0.2, 0) is 4.84 Å². The van der Waals surface area contributed by atoms with Crippen LogP contribution in [0.2, 0.25) is 0 Å². The first-order valence-corrected chi connectivity index (χ1v) is 4.12. The number of nitrogens with zero attached hydrogens (tertiary/aromatic N) is 2. The van der Waals surface area contributed by atoms with Gasteiger partial charge < -0.3 is 0 Å². The fraction of sp³-hybridized carbons (Fsp3) is 1.00. The third-order valence-electron chi connectivity index (χ3n) is 2.13. The maximum atomic E-state index is 5.40. The first kappa shape index (κ1) is 6.58. The zero-order chi connectivity index (χ0) is 6.81. The molecule has 0 unspecified atom stereocenters. The minimum Gasteiger partial charge on any atom is -0.284 e. The van der Waals surface area contributed by atoms with E-state index in [1.54, 1.807) is 0 Å². The van der Waals surface area contributed by atoms with E-state index in [0.717, 1.165) is 13.2 Å². The Bertz CT molecular complexity index is 92.2. The molecule has 2 aliphatic rings. The molecule has 0 bridgehead atoms. The average Bonchev–Trinajstić information content (AvgIpc) is 2.59. The van der Waals surface area contributed by atoms with Crippen LogP contribution in [0.3, 0.4) is 0 Å². The summed E-state index contributed by atoms with van der Waals surface area (Å²) in [6.07, 6.45) is 3.86. The average molecular weight is 142 g/mol. The van der Waals surface area contributed by atoms with Gasteiger partial charge in [0.1, 0.15) is 0 Å². The Morgan fingerprint density at radius 1 is 0.900 bits per heavy atom. The summed E-state index contributed by atoms with van der Waals surface area (Å²) in [6.45, 7) is 4.40. The van der Waals surface area contributed by atoms with Crippen LogP contribution in [0.4, 0.5) is 0 Å². The Hall–Kier alpha value is -0.120. The molecule has 0 aliphatic carbocycles. The van der Waals surface area contributed by atoms with Crippen LogP contribution in [0.5, 0.6) is 0 Å². The maximum Gasteiger partial charge on any atom is 0.0715 e. The number of hydrogen-bond acceptors (Lipinski definition) is 3. The Morgan fingerprint density at radius 2 is 1.70 bits per heavy atom. The van der Waals surface area contributed by atoms with Gasteiger partial charge in [0.05, 0.1) is 6.61 Å². The summed E-state index contributed by atoms with van der Waals surface area (Å²) in [4.78, 5) is 5.40. The highest BCUT2D eigenvalue weighted by molar-refractivity contribution is 4.63. The summed E-state index contributed by atoms with van der Waals surface area (Å²) < 4.78 is 0. The van der Waals surface area contributed by atoms with Crippen molar-refractivity contribution in [3.05, 3.63) is 0 Å². The molecule has 3 nitrogen and oxygen atoms in total. The van der Waals surface area contributed by atoms with Gasteiger partial charge in [-0.05, 0) is 19.3 Å². The topological polar surface area (TPSA) is 15.7 Å². The first-order chi connectivity index (χ1) is 4.97. The summed E-state index contributed by atoms with van der Waals surface area (Å²) >= 11 is 0. The molecular formula is C7H14N2O. The highest BCUT2D eigenvalue weighted by atomic mass is 16.7. The molecule has 10 heavy (non-hydrogen) atoms. The third-order valence-corrected chi connectivity index (χ3v) is 2.13. The predicted molar refractivity (Wildman–Crippen MR) is 38.1 cm³/mol. The highest BCUT2D eigenvalue weighted by Gasteiger charge is 2.22. The molecule has 2 aliphatic heterocycles. The van der Waals surface area contributed by atoms with E-state index in [-0.39, 0.29) is 0 Å². The first-order valence-electron chi connectivity index (χ1n) is 4.12. The summed E-state index contributed by atoms with van der Waals surface area (Å²) in [5.41, 5.74) is 0. The molecule has 2 fully saturated rings. The Labute approximate surface area is 61.5 Å². The summed E-state index contributed by atoms with van der Waals surface area (Å²) in [5, 5.41) is 4.35. The van der Waals surface area contributed by atoms with Crippen LogP contribution in [0.15, 0.2) is 0 Å². The molecule has 2 saturated heterocycles. The van der Waals surface area contributed by atoms with E-state index in [0.29, 0.717) is 0 Å². The number of hydroxylamine groups is 1. The van der Waals surface area contributed by atoms with E-state index in [2.05, 4.69) is 5.01 Å². The summed E-state index contributed by atoms with van der Waals surface area (Å²) in [7, 11) is 0. The van der Waals surface area contributed by atoms with E-state index < -0.39 is 0 Å². The number of hydrogen-bond donors (Lipinski definition) is 0. The smallest absolute Gasteiger partial charge is 0.0715 e. The van der Waals surface area contributed by atoms with Crippen molar-refractivity contribution in [2.45, 2.75) is 19.3 Å². The highest BCUT2D eigenvalue weighted by Crippen LogP contribution is 2.15. The molecule has 0 saturated carbocycles. The van der Waals surface area contributed by atoms with Crippen LogP contribution in [0, 0.1) is 0 Å². The number of rotatable bonds is 1. The van der Waals surface area contributed by atoms with Gasteiger partial charge in [-0.2, -0.15) is 0 Å². The summed E-state index contributed by atoms with van der Waals surface area (Å²) in [5.74, 6) is 0. The molecule has 0 spiro atoms. The molecule has 0 aromatic rings. The summed E-state index contributed by atoms with van der Waals surface area (Å²) in [6, 6.07) is 0. The van der Waals surface area contributed by atoms with Gasteiger partial charge >= 0.3 is 0 Å². The lowest BCUT2D eigenvalue weighted by Crippen LogP contribution is -2.37. The maximum absolute atomic E-state index is 5.40. The van der Waals surface area contributed by atoms with Gasteiger partial charge in [-0.3, -0.25) is 4.84 Å². The third kappa shape index (κ3) is 1.17. The molecule has 2 rings (SSSR count). The van der Waals surface area contributed by atoms with Gasteiger partial charge in [-0.1, -0.05) is 0 Å². The standard InChI is InChI=1S/C7H14N2O/c1-2-5-8(4-1)9-6-3-7-10-9/h1-7H2. The fourth-order valence-electron chi connectivity index (χ4n) is 1.58. The molecule has 0 aromatic carbocycles. The van der Waals surface area contributed by atoms with E-state index in [4.69, 9.17) is 4.84 Å². The van der Waals surface area contributed by atoms with E-state index in [1.165, 1.54) is 32.4 Å². The second-order valence-corrected chi connectivity index (χ2v) is 2.92. The van der Waals surface area contributed by atoms with Crippen molar-refractivity contribution < 1.29 is 4.84 Å². The van der Waals surface area contributed by atoms with Crippen molar-refractivity contribution in [3.63, 3.8) is 0 Å². The zero-order valence-corrected chi connectivity index (χ0v) is 6.25. The molecular weight excluding hydrogens is 128 g/mol. The van der Waals surface area contributed by atoms with E-state index >= 15 is 0 Å². The zero-order valence-electron chi connectivity index (χ0n) is 6.25. The molecule has 0 radical (unpaired) electrons. The molecule has 2 heterocycles. The fourth-order valence-corrected chi connectivity index (χ4v) is 1.58. The second kappa shape index (κ2) is 2.86. The van der Waals surface area contributed by atoms with Crippen molar-refractivity contribution >= 4 is 0 Å². The lowest BCUT2D eigenvalue weighted by Gasteiger charge is -2.24. The van der Waals surface area contributed by atoms with Crippen molar-refractivity contribution in [1.82, 2.24) is 10.2 Å². The van der Waals surface area contributed by atoms with Crippen molar-refractivity contribution in [3.8, 4) is 0 Å². The lowest BCUT2D eigenvalue weighted by atomic mass is 10.4. The normalized spacial score (nSPS) is 30.0. The molecule has 0 N–H and O–H groups in total. The number of hydrazine groups is 1. The van der Waals surface area contributed by atoms with Gasteiger partial charge in [0.2, 0.25) is 0 Å². The minimum atomic E-state index is 0.913. The van der Waals surface area contributed by atoms with Gasteiger partial charge in [0, 0.05) is 19.6 Å². The van der Waals surface area contributed by atoms with Crippen LogP contribution in [0.25, 0.3) is 0 Å². The molecule has 0 atom stereocenters. The van der Waals surface area contributed by atoms with Crippen molar-refractivity contribution in [1.29, 1.82) is 0 Å². The van der Waals surface area contributed by atoms with Crippen molar-refractivity contribution in [2.75, 3.05) is 26.2 Å². The van der Waals surface area contributed by atoms with Gasteiger partial charge in [0.25, 0.3) is 0 Å². The van der Waals surface area contributed by atoms with Gasteiger partial charge in [0.15, 0.2) is 0 Å². The van der Waals surface area contributed by atoms with Crippen LogP contribution in [-0.4, -0.2) is 36.4 Å². The molecule has 58 valence electrons. The van der Waals surface area contributed by atoms with Gasteiger partial charge in [-0.25, -0.2) is 5.01 Å². The Balaban J connectivity index is 1.85.